The van der Waals surface area contributed by atoms with Gasteiger partial charge in [-0.25, -0.2) is 14.7 Å². The van der Waals surface area contributed by atoms with E-state index in [0.717, 1.165) is 48.2 Å². The van der Waals surface area contributed by atoms with Crippen molar-refractivity contribution in [1.82, 2.24) is 29.3 Å². The number of hydrogen-bond acceptors (Lipinski definition) is 8. The van der Waals surface area contributed by atoms with Crippen LogP contribution in [0.15, 0.2) is 42.7 Å². The maximum atomic E-state index is 12.0. The molecule has 194 valence electrons. The second-order valence-corrected chi connectivity index (χ2v) is 10.7. The van der Waals surface area contributed by atoms with Crippen LogP contribution in [-0.2, 0) is 14.9 Å². The van der Waals surface area contributed by atoms with E-state index in [1.165, 1.54) is 16.9 Å². The van der Waals surface area contributed by atoms with Crippen LogP contribution in [0.1, 0.15) is 24.3 Å². The van der Waals surface area contributed by atoms with Crippen LogP contribution in [0.4, 0.5) is 5.82 Å². The van der Waals surface area contributed by atoms with Gasteiger partial charge in [-0.1, -0.05) is 24.3 Å². The summed E-state index contributed by atoms with van der Waals surface area (Å²) < 4.78 is 33.8. The standard InChI is InChI=1S/C24H31N7O3S.H2S/c1-25-35(32,33)31-11-6-18(7-12-31)17-2-4-19(5-3-17)21-14-22-23(28-9-8-27-22)24(30-21)29-16-20-15-26-10-13-34-20;/h2-5,8-9,14,18,20,25-26H,6-7,10-13,15-16H2,1H3,(H,29,30);1H2/t20-;/m0./s1. The summed E-state index contributed by atoms with van der Waals surface area (Å²) >= 11 is 0. The Morgan fingerprint density at radius 1 is 1.14 bits per heavy atom. The van der Waals surface area contributed by atoms with Gasteiger partial charge in [0.1, 0.15) is 5.52 Å². The summed E-state index contributed by atoms with van der Waals surface area (Å²) in [7, 11) is -1.90. The molecular formula is C24H33N7O3S2. The molecule has 0 spiro atoms. The molecule has 0 amide bonds. The molecule has 1 aromatic carbocycles. The molecule has 0 saturated carbocycles. The molecule has 10 nitrogen and oxygen atoms in total. The number of anilines is 1. The first-order valence-corrected chi connectivity index (χ1v) is 13.4. The lowest BCUT2D eigenvalue weighted by molar-refractivity contribution is 0.0372. The highest BCUT2D eigenvalue weighted by Gasteiger charge is 2.27. The zero-order chi connectivity index (χ0) is 24.3. The van der Waals surface area contributed by atoms with Gasteiger partial charge >= 0.3 is 0 Å². The minimum absolute atomic E-state index is 0. The van der Waals surface area contributed by atoms with E-state index in [9.17, 15) is 8.42 Å². The second kappa shape index (κ2) is 11.8. The number of hydrogen-bond donors (Lipinski definition) is 3. The van der Waals surface area contributed by atoms with Gasteiger partial charge in [0.05, 0.1) is 23.9 Å². The minimum atomic E-state index is -3.36. The highest BCUT2D eigenvalue weighted by molar-refractivity contribution is 7.87. The lowest BCUT2D eigenvalue weighted by Gasteiger charge is -2.31. The zero-order valence-electron chi connectivity index (χ0n) is 20.3. The van der Waals surface area contributed by atoms with Gasteiger partial charge in [0, 0.05) is 57.7 Å². The van der Waals surface area contributed by atoms with Crippen molar-refractivity contribution in [2.75, 3.05) is 51.7 Å². The first-order valence-electron chi connectivity index (χ1n) is 12.0. The summed E-state index contributed by atoms with van der Waals surface area (Å²) in [5.41, 5.74) is 4.56. The topological polar surface area (TPSA) is 121 Å². The maximum absolute atomic E-state index is 12.0. The van der Waals surface area contributed by atoms with Gasteiger partial charge in [-0.15, -0.1) is 0 Å². The van der Waals surface area contributed by atoms with Crippen LogP contribution in [0, 0.1) is 0 Å². The molecule has 0 radical (unpaired) electrons. The average Bonchev–Trinajstić information content (AvgIpc) is 2.92. The van der Waals surface area contributed by atoms with E-state index in [-0.39, 0.29) is 19.6 Å². The van der Waals surface area contributed by atoms with Gasteiger partial charge in [-0.3, -0.25) is 4.98 Å². The van der Waals surface area contributed by atoms with Crippen molar-refractivity contribution < 1.29 is 13.2 Å². The fourth-order valence-electron chi connectivity index (χ4n) is 4.69. The molecule has 2 fully saturated rings. The van der Waals surface area contributed by atoms with E-state index in [1.807, 2.05) is 6.07 Å². The highest BCUT2D eigenvalue weighted by atomic mass is 32.2. The summed E-state index contributed by atoms with van der Waals surface area (Å²) in [6.45, 7) is 4.07. The average molecular weight is 532 g/mol. The fraction of sp³-hybridized carbons (Fsp3) is 0.458. The van der Waals surface area contributed by atoms with Gasteiger partial charge in [0.2, 0.25) is 0 Å². The molecule has 2 aliphatic heterocycles. The number of morpholine rings is 1. The Morgan fingerprint density at radius 3 is 2.58 bits per heavy atom. The number of rotatable bonds is 7. The van der Waals surface area contributed by atoms with Crippen molar-refractivity contribution in [2.45, 2.75) is 24.9 Å². The Balaban J connectivity index is 0.00000304. The molecule has 4 heterocycles. The molecule has 2 saturated heterocycles. The van der Waals surface area contributed by atoms with Crippen LogP contribution in [0.2, 0.25) is 0 Å². The first kappa shape index (κ1) is 26.7. The van der Waals surface area contributed by atoms with E-state index >= 15 is 0 Å². The second-order valence-electron chi connectivity index (χ2n) is 8.86. The zero-order valence-corrected chi connectivity index (χ0v) is 22.1. The molecule has 3 aromatic rings. The Bertz CT molecular complexity index is 1260. The van der Waals surface area contributed by atoms with Gasteiger partial charge < -0.3 is 15.4 Å². The van der Waals surface area contributed by atoms with Crippen molar-refractivity contribution in [3.05, 3.63) is 48.3 Å². The monoisotopic (exact) mass is 531 g/mol. The Labute approximate surface area is 218 Å². The third-order valence-electron chi connectivity index (χ3n) is 6.69. The molecule has 2 aromatic heterocycles. The van der Waals surface area contributed by atoms with Crippen LogP contribution < -0.4 is 15.4 Å². The number of piperidine rings is 1. The molecule has 0 unspecified atom stereocenters. The highest BCUT2D eigenvalue weighted by Crippen LogP contribution is 2.31. The molecule has 5 rings (SSSR count). The van der Waals surface area contributed by atoms with Crippen molar-refractivity contribution in [3.8, 4) is 11.3 Å². The normalized spacial score (nSPS) is 19.6. The molecule has 2 aliphatic rings. The summed E-state index contributed by atoms with van der Waals surface area (Å²) in [5, 5.41) is 6.76. The predicted octanol–water partition coefficient (Wildman–Crippen LogP) is 1.85. The van der Waals surface area contributed by atoms with Gasteiger partial charge in [0.25, 0.3) is 10.2 Å². The number of fused-ring (bicyclic) bond motifs is 1. The number of nitrogens with zero attached hydrogens (tertiary/aromatic N) is 4. The number of benzene rings is 1. The summed E-state index contributed by atoms with van der Waals surface area (Å²) in [5.74, 6) is 1.03. The van der Waals surface area contributed by atoms with Gasteiger partial charge in [-0.2, -0.15) is 26.2 Å². The Morgan fingerprint density at radius 2 is 1.89 bits per heavy atom. The lowest BCUT2D eigenvalue weighted by atomic mass is 9.89. The number of ether oxygens (including phenoxy) is 1. The number of nitrogens with one attached hydrogen (secondary N) is 3. The molecule has 0 aliphatic carbocycles. The van der Waals surface area contributed by atoms with Crippen molar-refractivity contribution in [2.24, 2.45) is 0 Å². The molecule has 36 heavy (non-hydrogen) atoms. The van der Waals surface area contributed by atoms with E-state index in [4.69, 9.17) is 9.72 Å². The van der Waals surface area contributed by atoms with E-state index in [1.54, 1.807) is 12.4 Å². The van der Waals surface area contributed by atoms with E-state index < -0.39 is 10.2 Å². The summed E-state index contributed by atoms with van der Waals surface area (Å²) in [4.78, 5) is 13.9. The van der Waals surface area contributed by atoms with Crippen LogP contribution in [0.25, 0.3) is 22.3 Å². The van der Waals surface area contributed by atoms with Crippen LogP contribution in [0.5, 0.6) is 0 Å². The molecule has 1 atom stereocenters. The number of pyridine rings is 1. The Hall–Kier alpha value is -2.35. The third-order valence-corrected chi connectivity index (χ3v) is 8.25. The molecule has 0 bridgehead atoms. The van der Waals surface area contributed by atoms with Crippen molar-refractivity contribution in [3.63, 3.8) is 0 Å². The van der Waals surface area contributed by atoms with Crippen LogP contribution in [-0.4, -0.2) is 80.2 Å². The molecular weight excluding hydrogens is 498 g/mol. The molecule has 12 heteroatoms. The van der Waals surface area contributed by atoms with Crippen molar-refractivity contribution >= 4 is 40.6 Å². The van der Waals surface area contributed by atoms with Crippen LogP contribution in [0.3, 0.4) is 0 Å². The summed E-state index contributed by atoms with van der Waals surface area (Å²) in [6, 6.07) is 10.4. The number of aromatic nitrogens is 3. The smallest absolute Gasteiger partial charge is 0.279 e. The largest absolute Gasteiger partial charge is 0.374 e. The van der Waals surface area contributed by atoms with Crippen LogP contribution >= 0.6 is 13.5 Å². The Kier molecular flexibility index (Phi) is 8.75. The summed E-state index contributed by atoms with van der Waals surface area (Å²) in [6.07, 6.45) is 5.05. The minimum Gasteiger partial charge on any atom is -0.374 e. The van der Waals surface area contributed by atoms with Gasteiger partial charge in [-0.05, 0) is 30.4 Å². The SMILES string of the molecule is CNS(=O)(=O)N1CCC(c2ccc(-c3cc4nccnc4c(NC[C@@H]4CNCCO4)n3)cc2)CC1.S. The quantitative estimate of drug-likeness (QED) is 0.422. The van der Waals surface area contributed by atoms with Gasteiger partial charge in [0.15, 0.2) is 5.82 Å². The van der Waals surface area contributed by atoms with Crippen molar-refractivity contribution in [1.29, 1.82) is 0 Å². The fourth-order valence-corrected chi connectivity index (χ4v) is 5.64. The van der Waals surface area contributed by atoms with E-state index in [2.05, 4.69) is 49.6 Å². The van der Waals surface area contributed by atoms with E-state index in [0.29, 0.717) is 38.0 Å². The third kappa shape index (κ3) is 5.96. The first-order chi connectivity index (χ1) is 17.0. The molecule has 3 N–H and O–H groups in total. The maximum Gasteiger partial charge on any atom is 0.279 e. The lowest BCUT2D eigenvalue weighted by Crippen LogP contribution is -2.43. The predicted molar refractivity (Wildman–Crippen MR) is 146 cm³/mol.